The molecule has 0 bridgehead atoms. The lowest BCUT2D eigenvalue weighted by molar-refractivity contribution is -0.295. The summed E-state index contributed by atoms with van der Waals surface area (Å²) < 4.78 is 28.0. The molecule has 25 heavy (non-hydrogen) atoms. The van der Waals surface area contributed by atoms with Gasteiger partial charge in [0.1, 0.15) is 7.22 Å². The van der Waals surface area contributed by atoms with Crippen LogP contribution in [-0.2, 0) is 23.1 Å². The summed E-state index contributed by atoms with van der Waals surface area (Å²) in [5.41, 5.74) is -0.902. The molecule has 5 nitrogen and oxygen atoms in total. The third-order valence-corrected chi connectivity index (χ3v) is 19.9. The van der Waals surface area contributed by atoms with Crippen molar-refractivity contribution in [1.29, 1.82) is 0 Å². The largest absolute Gasteiger partial charge is 0.398 e. The Morgan fingerprint density at radius 2 is 1.44 bits per heavy atom. The first-order valence-corrected chi connectivity index (χ1v) is 17.8. The van der Waals surface area contributed by atoms with Gasteiger partial charge in [0, 0.05) is 34.7 Å². The van der Waals surface area contributed by atoms with Gasteiger partial charge in [-0.1, -0.05) is 33.9 Å². The van der Waals surface area contributed by atoms with Crippen LogP contribution in [0.3, 0.4) is 0 Å². The quantitative estimate of drug-likeness (QED) is 0.254. The number of rotatable bonds is 13. The molecular formula is C16H40O5SSi3. The second kappa shape index (κ2) is 11.0. The minimum absolute atomic E-state index is 0.422. The first-order chi connectivity index (χ1) is 11.4. The first-order valence-electron chi connectivity index (χ1n) is 8.89. The van der Waals surface area contributed by atoms with Crippen molar-refractivity contribution in [1.82, 2.24) is 0 Å². The van der Waals surface area contributed by atoms with Gasteiger partial charge in [-0.25, -0.2) is 0 Å². The maximum atomic E-state index is 6.18. The van der Waals surface area contributed by atoms with Crippen molar-refractivity contribution in [3.63, 3.8) is 0 Å². The molecule has 1 atom stereocenters. The second-order valence-corrected chi connectivity index (χ2v) is 22.3. The third kappa shape index (κ3) is 8.56. The fourth-order valence-electron chi connectivity index (χ4n) is 2.12. The number of hydrogen-bond acceptors (Lipinski definition) is 6. The SMILES string of the molecule is COC(OC)(OC)[SiH2]CO[Si](C)(CCCS[Si](C)(C)C(C)(C)C)OC. The predicted octanol–water partition coefficient (Wildman–Crippen LogP) is 3.53. The van der Waals surface area contributed by atoms with Crippen molar-refractivity contribution >= 4 is 36.5 Å². The minimum Gasteiger partial charge on any atom is -0.398 e. The summed E-state index contributed by atoms with van der Waals surface area (Å²) in [6, 6.07) is 1.01. The number of hydrogen-bond donors (Lipinski definition) is 0. The maximum Gasteiger partial charge on any atom is 0.334 e. The zero-order chi connectivity index (χ0) is 19.8. The van der Waals surface area contributed by atoms with Crippen molar-refractivity contribution < 1.29 is 23.1 Å². The third-order valence-electron chi connectivity index (χ3n) is 5.22. The van der Waals surface area contributed by atoms with Crippen molar-refractivity contribution in [2.75, 3.05) is 40.4 Å². The lowest BCUT2D eigenvalue weighted by Gasteiger charge is -2.36. The molecule has 0 aliphatic carbocycles. The van der Waals surface area contributed by atoms with Crippen LogP contribution in [0, 0.1) is 0 Å². The highest BCUT2D eigenvalue weighted by molar-refractivity contribution is 8.29. The normalized spacial score (nSPS) is 16.6. The molecule has 0 saturated carbocycles. The molecular weight excluding hydrogens is 388 g/mol. The van der Waals surface area contributed by atoms with Crippen LogP contribution in [-0.4, -0.2) is 71.3 Å². The van der Waals surface area contributed by atoms with E-state index in [-0.39, 0.29) is 0 Å². The Labute approximate surface area is 163 Å². The molecule has 0 aromatic rings. The van der Waals surface area contributed by atoms with Gasteiger partial charge in [0.25, 0.3) is 5.60 Å². The van der Waals surface area contributed by atoms with E-state index in [4.69, 9.17) is 23.1 Å². The van der Waals surface area contributed by atoms with Crippen LogP contribution in [0.2, 0.25) is 30.7 Å². The van der Waals surface area contributed by atoms with Gasteiger partial charge in [0.15, 0.2) is 9.52 Å². The molecule has 0 rings (SSSR count). The summed E-state index contributed by atoms with van der Waals surface area (Å²) in [4.78, 5) is 0. The molecule has 0 saturated heterocycles. The summed E-state index contributed by atoms with van der Waals surface area (Å²) in [6.45, 7) is 14.2. The highest BCUT2D eigenvalue weighted by Crippen LogP contribution is 2.43. The van der Waals surface area contributed by atoms with E-state index in [0.29, 0.717) is 11.3 Å². The Morgan fingerprint density at radius 1 is 0.920 bits per heavy atom. The van der Waals surface area contributed by atoms with Crippen LogP contribution in [0.5, 0.6) is 0 Å². The molecule has 0 radical (unpaired) electrons. The van der Waals surface area contributed by atoms with Gasteiger partial charge in [0.05, 0.1) is 0 Å². The van der Waals surface area contributed by atoms with Crippen LogP contribution in [0.15, 0.2) is 0 Å². The van der Waals surface area contributed by atoms with Crippen LogP contribution < -0.4 is 0 Å². The van der Waals surface area contributed by atoms with Crippen molar-refractivity contribution in [3.05, 3.63) is 0 Å². The van der Waals surface area contributed by atoms with E-state index >= 15 is 0 Å². The first kappa shape index (κ1) is 25.8. The lowest BCUT2D eigenvalue weighted by atomic mass is 10.2. The van der Waals surface area contributed by atoms with Gasteiger partial charge in [0.2, 0.25) is 0 Å². The van der Waals surface area contributed by atoms with E-state index in [2.05, 4.69) is 51.6 Å². The molecule has 9 heteroatoms. The standard InChI is InChI=1S/C16H40O5SSi3/c1-15(2,3)24(8,9)22-12-11-13-25(10,20-7)21-14-23-16(17-4,18-5)19-6/h11-14,23H2,1-10H3. The highest BCUT2D eigenvalue weighted by Gasteiger charge is 2.37. The van der Waals surface area contributed by atoms with Gasteiger partial charge in [-0.05, 0) is 29.8 Å². The zero-order valence-electron chi connectivity index (χ0n) is 18.0. The van der Waals surface area contributed by atoms with E-state index in [1.807, 2.05) is 0 Å². The average molecular weight is 429 g/mol. The predicted molar refractivity (Wildman–Crippen MR) is 116 cm³/mol. The molecule has 1 unspecified atom stereocenters. The lowest BCUT2D eigenvalue weighted by Crippen LogP contribution is -2.47. The van der Waals surface area contributed by atoms with Crippen LogP contribution in [0.1, 0.15) is 27.2 Å². The van der Waals surface area contributed by atoms with E-state index in [9.17, 15) is 0 Å². The van der Waals surface area contributed by atoms with E-state index < -0.39 is 30.9 Å². The van der Waals surface area contributed by atoms with Crippen molar-refractivity contribution in [2.24, 2.45) is 0 Å². The second-order valence-electron chi connectivity index (χ2n) is 7.94. The summed E-state index contributed by atoms with van der Waals surface area (Å²) in [5, 5.41) is 0.422. The summed E-state index contributed by atoms with van der Waals surface area (Å²) in [6.07, 6.45) is 1.76. The molecule has 0 N–H and O–H groups in total. The van der Waals surface area contributed by atoms with E-state index in [1.165, 1.54) is 5.75 Å². The van der Waals surface area contributed by atoms with E-state index in [0.717, 1.165) is 12.5 Å². The van der Waals surface area contributed by atoms with Gasteiger partial charge in [-0.15, -0.1) is 0 Å². The summed E-state index contributed by atoms with van der Waals surface area (Å²) in [5.74, 6) is 1.18. The Hall–Kier alpha value is 0.801. The molecule has 0 aliphatic rings. The van der Waals surface area contributed by atoms with Crippen molar-refractivity contribution in [2.45, 2.75) is 63.5 Å². The van der Waals surface area contributed by atoms with Crippen LogP contribution >= 0.6 is 11.2 Å². The molecule has 0 amide bonds. The van der Waals surface area contributed by atoms with Gasteiger partial charge >= 0.3 is 8.56 Å². The minimum atomic E-state index is -2.13. The topological polar surface area (TPSA) is 46.2 Å². The highest BCUT2D eigenvalue weighted by atomic mass is 32.4. The molecule has 0 fully saturated rings. The fraction of sp³-hybridized carbons (Fsp3) is 1.00. The van der Waals surface area contributed by atoms with Crippen LogP contribution in [0.4, 0.5) is 0 Å². The fourth-order valence-corrected chi connectivity index (χ4v) is 11.2. The van der Waals surface area contributed by atoms with Gasteiger partial charge in [-0.3, -0.25) is 0 Å². The molecule has 0 aliphatic heterocycles. The Kier molecular flexibility index (Phi) is 11.3. The molecule has 0 heterocycles. The smallest absolute Gasteiger partial charge is 0.334 e. The number of ether oxygens (including phenoxy) is 3. The van der Waals surface area contributed by atoms with Crippen molar-refractivity contribution in [3.8, 4) is 0 Å². The van der Waals surface area contributed by atoms with E-state index in [1.54, 1.807) is 28.4 Å². The Bertz CT molecular complexity index is 367. The average Bonchev–Trinajstić information content (AvgIpc) is 2.55. The zero-order valence-corrected chi connectivity index (χ0v) is 22.2. The van der Waals surface area contributed by atoms with Gasteiger partial charge in [-0.2, -0.15) is 11.2 Å². The van der Waals surface area contributed by atoms with Crippen LogP contribution in [0.25, 0.3) is 0 Å². The Morgan fingerprint density at radius 3 is 1.84 bits per heavy atom. The maximum absolute atomic E-state index is 6.18. The molecule has 0 aromatic carbocycles. The molecule has 0 spiro atoms. The summed E-state index contributed by atoms with van der Waals surface area (Å²) in [7, 11) is 2.30. The monoisotopic (exact) mass is 428 g/mol. The molecule has 152 valence electrons. The molecule has 0 aromatic heterocycles. The Balaban J connectivity index is 4.38. The number of methoxy groups -OCH3 is 3. The summed E-state index contributed by atoms with van der Waals surface area (Å²) >= 11 is 2.17. The van der Waals surface area contributed by atoms with Gasteiger partial charge < -0.3 is 23.1 Å².